The summed E-state index contributed by atoms with van der Waals surface area (Å²) in [6, 6.07) is 8.08. The second-order valence-electron chi connectivity index (χ2n) is 8.11. The molecule has 8 heteroatoms. The number of piperidine rings is 1. The normalized spacial score (nSPS) is 16.7. The van der Waals surface area contributed by atoms with Crippen LogP contribution in [-0.4, -0.2) is 36.1 Å². The van der Waals surface area contributed by atoms with Crippen molar-refractivity contribution in [2.45, 2.75) is 26.3 Å². The minimum Gasteiger partial charge on any atom is -0.495 e. The monoisotopic (exact) mass is 454 g/mol. The lowest BCUT2D eigenvalue weighted by molar-refractivity contribution is 0.1000. The predicted octanol–water partition coefficient (Wildman–Crippen LogP) is 5.26. The molecule has 2 aromatic heterocycles. The van der Waals surface area contributed by atoms with Crippen molar-refractivity contribution >= 4 is 40.2 Å². The zero-order chi connectivity index (χ0) is 21.5. The van der Waals surface area contributed by atoms with E-state index in [0.717, 1.165) is 51.4 Å². The first-order valence-corrected chi connectivity index (χ1v) is 11.6. The maximum Gasteiger partial charge on any atom is 0.269 e. The summed E-state index contributed by atoms with van der Waals surface area (Å²) in [5.74, 6) is 2.17. The summed E-state index contributed by atoms with van der Waals surface area (Å²) >= 11 is 7.30. The molecule has 1 amide bonds. The number of methoxy groups -OCH3 is 1. The minimum absolute atomic E-state index is 0.00168. The van der Waals surface area contributed by atoms with Gasteiger partial charge >= 0.3 is 0 Å². The van der Waals surface area contributed by atoms with Gasteiger partial charge in [0.15, 0.2) is 5.82 Å². The molecule has 0 N–H and O–H groups in total. The van der Waals surface area contributed by atoms with Crippen LogP contribution in [-0.2, 0) is 6.54 Å². The van der Waals surface area contributed by atoms with Crippen molar-refractivity contribution in [3.63, 3.8) is 0 Å². The van der Waals surface area contributed by atoms with Crippen LogP contribution < -0.4 is 14.5 Å². The third kappa shape index (κ3) is 3.77. The smallest absolute Gasteiger partial charge is 0.269 e. The van der Waals surface area contributed by atoms with Crippen molar-refractivity contribution in [1.82, 2.24) is 9.97 Å². The van der Waals surface area contributed by atoms with Crippen LogP contribution >= 0.6 is 22.9 Å². The second kappa shape index (κ2) is 8.13. The van der Waals surface area contributed by atoms with Gasteiger partial charge < -0.3 is 14.5 Å². The van der Waals surface area contributed by atoms with Gasteiger partial charge in [0.05, 0.1) is 34.1 Å². The number of thiophene rings is 1. The average Bonchev–Trinajstić information content (AvgIpc) is 3.34. The fraction of sp³-hybridized carbons (Fsp3) is 0.348. The summed E-state index contributed by atoms with van der Waals surface area (Å²) in [5, 5.41) is 0.492. The van der Waals surface area contributed by atoms with E-state index < -0.39 is 0 Å². The second-order valence-corrected chi connectivity index (χ2v) is 9.60. The van der Waals surface area contributed by atoms with E-state index in [1.807, 2.05) is 18.2 Å². The van der Waals surface area contributed by atoms with Crippen LogP contribution in [0, 0.1) is 5.92 Å². The Morgan fingerprint density at radius 2 is 1.90 bits per heavy atom. The van der Waals surface area contributed by atoms with E-state index in [1.165, 1.54) is 24.2 Å². The highest BCUT2D eigenvalue weighted by atomic mass is 35.5. The summed E-state index contributed by atoms with van der Waals surface area (Å²) in [7, 11) is 1.69. The number of carbonyl (C=O) groups is 1. The highest BCUT2D eigenvalue weighted by molar-refractivity contribution is 7.17. The third-order valence-electron chi connectivity index (χ3n) is 6.02. The van der Waals surface area contributed by atoms with Crippen LogP contribution in [0.1, 0.15) is 35.0 Å². The molecule has 0 bridgehead atoms. The Morgan fingerprint density at radius 1 is 1.16 bits per heavy atom. The molecule has 2 aliphatic heterocycles. The molecule has 1 aromatic carbocycles. The maximum absolute atomic E-state index is 13.1. The van der Waals surface area contributed by atoms with Gasteiger partial charge in [0.2, 0.25) is 0 Å². The van der Waals surface area contributed by atoms with E-state index in [0.29, 0.717) is 17.4 Å². The van der Waals surface area contributed by atoms with Crippen LogP contribution in [0.2, 0.25) is 5.02 Å². The van der Waals surface area contributed by atoms with Gasteiger partial charge in [0, 0.05) is 37.2 Å². The van der Waals surface area contributed by atoms with E-state index in [2.05, 4.69) is 27.9 Å². The van der Waals surface area contributed by atoms with Crippen molar-refractivity contribution in [2.75, 3.05) is 30.0 Å². The molecule has 0 spiro atoms. The van der Waals surface area contributed by atoms with Gasteiger partial charge in [0.25, 0.3) is 5.91 Å². The average molecular weight is 455 g/mol. The van der Waals surface area contributed by atoms with Crippen LogP contribution in [0.25, 0.3) is 10.7 Å². The molecule has 0 unspecified atom stereocenters. The number of benzene rings is 1. The number of ether oxygens (including phenoxy) is 1. The molecule has 3 aromatic rings. The number of rotatable bonds is 4. The number of fused-ring (bicyclic) bond motifs is 1. The maximum atomic E-state index is 13.1. The summed E-state index contributed by atoms with van der Waals surface area (Å²) in [6.07, 6.45) is 5.52. The molecule has 1 saturated heterocycles. The lowest BCUT2D eigenvalue weighted by Crippen LogP contribution is -2.33. The highest BCUT2D eigenvalue weighted by Crippen LogP contribution is 2.40. The number of hydrogen-bond donors (Lipinski definition) is 0. The largest absolute Gasteiger partial charge is 0.495 e. The lowest BCUT2D eigenvalue weighted by atomic mass is 9.98. The molecule has 31 heavy (non-hydrogen) atoms. The number of nitrogens with zero attached hydrogens (tertiary/aromatic N) is 4. The van der Waals surface area contributed by atoms with E-state index >= 15 is 0 Å². The van der Waals surface area contributed by atoms with E-state index in [-0.39, 0.29) is 5.91 Å². The molecule has 0 atom stereocenters. The Kier molecular flexibility index (Phi) is 5.32. The minimum atomic E-state index is 0.00168. The fourth-order valence-corrected chi connectivity index (χ4v) is 5.36. The topological polar surface area (TPSA) is 58.6 Å². The van der Waals surface area contributed by atoms with Crippen molar-refractivity contribution in [2.24, 2.45) is 5.92 Å². The first kappa shape index (κ1) is 20.3. The van der Waals surface area contributed by atoms with Crippen molar-refractivity contribution in [3.05, 3.63) is 52.1 Å². The predicted molar refractivity (Wildman–Crippen MR) is 124 cm³/mol. The number of amides is 1. The van der Waals surface area contributed by atoms with Gasteiger partial charge in [-0.1, -0.05) is 18.5 Å². The zero-order valence-corrected chi connectivity index (χ0v) is 19.0. The Hall–Kier alpha value is -2.64. The van der Waals surface area contributed by atoms with Crippen LogP contribution in [0.5, 0.6) is 5.75 Å². The molecule has 0 aliphatic carbocycles. The zero-order valence-electron chi connectivity index (χ0n) is 17.5. The lowest BCUT2D eigenvalue weighted by Gasteiger charge is -2.33. The van der Waals surface area contributed by atoms with Gasteiger partial charge in [-0.05, 0) is 42.5 Å². The molecule has 6 nitrogen and oxygen atoms in total. The molecule has 160 valence electrons. The highest BCUT2D eigenvalue weighted by Gasteiger charge is 2.32. The quantitative estimate of drug-likeness (QED) is 0.537. The summed E-state index contributed by atoms with van der Waals surface area (Å²) in [5.41, 5.74) is 2.95. The standard InChI is InChI=1S/C23H23ClN4O2S/c1-14-5-7-27(8-6-14)18-4-3-17(10-19(18)30-2)28-13-15-9-20(31-21(15)23(28)29)22-25-11-16(24)12-26-22/h3-4,9-12,14H,5-8,13H2,1-2H3. The molecule has 4 heterocycles. The van der Waals surface area contributed by atoms with Crippen LogP contribution in [0.3, 0.4) is 0 Å². The molecule has 5 rings (SSSR count). The Balaban J connectivity index is 1.38. The first-order valence-electron chi connectivity index (χ1n) is 10.4. The van der Waals surface area contributed by atoms with Gasteiger partial charge in [0.1, 0.15) is 5.75 Å². The number of halogens is 1. The third-order valence-corrected chi connectivity index (χ3v) is 7.37. The van der Waals surface area contributed by atoms with Crippen LogP contribution in [0.15, 0.2) is 36.7 Å². The molecule has 1 fully saturated rings. The molecular formula is C23H23ClN4O2S. The van der Waals surface area contributed by atoms with E-state index in [9.17, 15) is 4.79 Å². The van der Waals surface area contributed by atoms with Crippen LogP contribution in [0.4, 0.5) is 11.4 Å². The Morgan fingerprint density at radius 3 is 2.58 bits per heavy atom. The molecule has 2 aliphatic rings. The number of aromatic nitrogens is 2. The molecule has 0 radical (unpaired) electrons. The van der Waals surface area contributed by atoms with Crippen molar-refractivity contribution in [1.29, 1.82) is 0 Å². The Labute approximate surface area is 190 Å². The summed E-state index contributed by atoms with van der Waals surface area (Å²) in [4.78, 5) is 27.5. The van der Waals surface area contributed by atoms with Gasteiger partial charge in [-0.3, -0.25) is 4.79 Å². The molecule has 0 saturated carbocycles. The summed E-state index contributed by atoms with van der Waals surface area (Å²) < 4.78 is 5.70. The number of hydrogen-bond acceptors (Lipinski definition) is 6. The number of carbonyl (C=O) groups excluding carboxylic acids is 1. The number of anilines is 2. The van der Waals surface area contributed by atoms with Gasteiger partial charge in [-0.2, -0.15) is 0 Å². The van der Waals surface area contributed by atoms with Gasteiger partial charge in [-0.25, -0.2) is 9.97 Å². The molecular weight excluding hydrogens is 432 g/mol. The summed E-state index contributed by atoms with van der Waals surface area (Å²) in [6.45, 7) is 4.90. The van der Waals surface area contributed by atoms with Crippen molar-refractivity contribution in [3.8, 4) is 16.5 Å². The Bertz CT molecular complexity index is 1120. The van der Waals surface area contributed by atoms with Crippen molar-refractivity contribution < 1.29 is 9.53 Å². The SMILES string of the molecule is COc1cc(N2Cc3cc(-c4ncc(Cl)cn4)sc3C2=O)ccc1N1CCC(C)CC1. The van der Waals surface area contributed by atoms with E-state index in [1.54, 1.807) is 24.4 Å². The van der Waals surface area contributed by atoms with Gasteiger partial charge in [-0.15, -0.1) is 11.3 Å². The first-order chi connectivity index (χ1) is 15.0. The van der Waals surface area contributed by atoms with E-state index in [4.69, 9.17) is 16.3 Å². The fourth-order valence-electron chi connectivity index (χ4n) is 4.20.